The van der Waals surface area contributed by atoms with Crippen LogP contribution in [-0.4, -0.2) is 43.8 Å². The quantitative estimate of drug-likeness (QED) is 0.363. The molecule has 208 valence electrons. The average molecular weight is 554 g/mol. The molecule has 3 aromatic rings. The summed E-state index contributed by atoms with van der Waals surface area (Å²) in [7, 11) is -4.32. The van der Waals surface area contributed by atoms with Gasteiger partial charge in [-0.25, -0.2) is 12.8 Å². The van der Waals surface area contributed by atoms with Crippen molar-refractivity contribution in [2.45, 2.75) is 64.6 Å². The molecule has 0 aliphatic carbocycles. The topological polar surface area (TPSA) is 86.8 Å². The van der Waals surface area contributed by atoms with Crippen LogP contribution in [0, 0.1) is 19.7 Å². The zero-order valence-corrected chi connectivity index (χ0v) is 23.8. The van der Waals surface area contributed by atoms with Gasteiger partial charge in [0, 0.05) is 12.6 Å². The molecule has 0 spiro atoms. The number of nitrogens with one attached hydrogen (secondary N) is 1. The molecular weight excluding hydrogens is 517 g/mol. The third-order valence-electron chi connectivity index (χ3n) is 6.65. The zero-order chi connectivity index (χ0) is 28.7. The van der Waals surface area contributed by atoms with Gasteiger partial charge < -0.3 is 10.2 Å². The number of para-hydroxylation sites is 1. The second kappa shape index (κ2) is 12.9. The van der Waals surface area contributed by atoms with Gasteiger partial charge in [-0.05, 0) is 63.9 Å². The summed E-state index contributed by atoms with van der Waals surface area (Å²) in [5.41, 5.74) is 2.41. The standard InChI is InChI=1S/C30H36FN3O4S/c1-6-23(4)32-30(36)24(5)33(19-25-15-11-21(2)12-16-25)29(35)20-34(28-10-8-7-9-27(28)31)39(37,38)26-17-13-22(3)14-18-26/h7-18,23-24H,6,19-20H2,1-5H3,(H,32,36). The minimum Gasteiger partial charge on any atom is -0.352 e. The van der Waals surface area contributed by atoms with Crippen LogP contribution in [0.15, 0.2) is 77.7 Å². The second-order valence-electron chi connectivity index (χ2n) is 9.78. The fourth-order valence-corrected chi connectivity index (χ4v) is 5.37. The summed E-state index contributed by atoms with van der Waals surface area (Å²) in [6.45, 7) is 8.55. The molecule has 0 aliphatic rings. The Bertz CT molecular complexity index is 1390. The minimum atomic E-state index is -4.32. The molecule has 3 rings (SSSR count). The van der Waals surface area contributed by atoms with Crippen molar-refractivity contribution in [1.29, 1.82) is 0 Å². The van der Waals surface area contributed by atoms with Crippen molar-refractivity contribution in [2.24, 2.45) is 0 Å². The van der Waals surface area contributed by atoms with Crippen LogP contribution in [0.3, 0.4) is 0 Å². The average Bonchev–Trinajstić information content (AvgIpc) is 2.91. The number of rotatable bonds is 11. The molecule has 0 saturated carbocycles. The molecule has 0 heterocycles. The van der Waals surface area contributed by atoms with Crippen molar-refractivity contribution in [3.05, 3.63) is 95.3 Å². The van der Waals surface area contributed by atoms with Gasteiger partial charge in [-0.15, -0.1) is 0 Å². The number of anilines is 1. The molecule has 9 heteroatoms. The Balaban J connectivity index is 2.03. The number of hydrogen-bond acceptors (Lipinski definition) is 4. The molecule has 0 radical (unpaired) electrons. The van der Waals surface area contributed by atoms with Crippen LogP contribution in [0.5, 0.6) is 0 Å². The minimum absolute atomic E-state index is 0.0724. The number of amides is 2. The van der Waals surface area contributed by atoms with E-state index in [9.17, 15) is 22.4 Å². The van der Waals surface area contributed by atoms with Crippen LogP contribution in [0.4, 0.5) is 10.1 Å². The van der Waals surface area contributed by atoms with Gasteiger partial charge in [0.2, 0.25) is 11.8 Å². The van der Waals surface area contributed by atoms with Gasteiger partial charge in [-0.1, -0.05) is 66.6 Å². The van der Waals surface area contributed by atoms with Gasteiger partial charge in [-0.3, -0.25) is 13.9 Å². The van der Waals surface area contributed by atoms with Crippen LogP contribution in [0.25, 0.3) is 0 Å². The number of hydrogen-bond donors (Lipinski definition) is 1. The molecule has 0 saturated heterocycles. The normalized spacial score (nSPS) is 12.9. The summed E-state index contributed by atoms with van der Waals surface area (Å²) in [4.78, 5) is 28.2. The van der Waals surface area contributed by atoms with E-state index in [4.69, 9.17) is 0 Å². The van der Waals surface area contributed by atoms with Crippen LogP contribution in [0.2, 0.25) is 0 Å². The maximum atomic E-state index is 15.0. The number of aryl methyl sites for hydroxylation is 2. The van der Waals surface area contributed by atoms with E-state index < -0.39 is 34.3 Å². The van der Waals surface area contributed by atoms with Gasteiger partial charge in [-0.2, -0.15) is 0 Å². The summed E-state index contributed by atoms with van der Waals surface area (Å²) in [5.74, 6) is -1.78. The van der Waals surface area contributed by atoms with Gasteiger partial charge in [0.15, 0.2) is 0 Å². The fourth-order valence-electron chi connectivity index (χ4n) is 3.94. The molecule has 2 amide bonds. The Morgan fingerprint density at radius 1 is 0.897 bits per heavy atom. The van der Waals surface area contributed by atoms with Crippen LogP contribution >= 0.6 is 0 Å². The fraction of sp³-hybridized carbons (Fsp3) is 0.333. The van der Waals surface area contributed by atoms with E-state index in [2.05, 4.69) is 5.32 Å². The van der Waals surface area contributed by atoms with E-state index in [-0.39, 0.29) is 29.1 Å². The van der Waals surface area contributed by atoms with E-state index >= 15 is 0 Å². The van der Waals surface area contributed by atoms with E-state index in [1.807, 2.05) is 52.0 Å². The lowest BCUT2D eigenvalue weighted by Gasteiger charge is -2.32. The predicted octanol–water partition coefficient (Wildman–Crippen LogP) is 4.97. The zero-order valence-electron chi connectivity index (χ0n) is 23.0. The smallest absolute Gasteiger partial charge is 0.264 e. The molecule has 1 N–H and O–H groups in total. The largest absolute Gasteiger partial charge is 0.352 e. The Kier molecular flexibility index (Phi) is 9.86. The highest BCUT2D eigenvalue weighted by Crippen LogP contribution is 2.27. The van der Waals surface area contributed by atoms with Gasteiger partial charge in [0.05, 0.1) is 10.6 Å². The first-order valence-electron chi connectivity index (χ1n) is 12.9. The van der Waals surface area contributed by atoms with Crippen molar-refractivity contribution < 1.29 is 22.4 Å². The van der Waals surface area contributed by atoms with Crippen LogP contribution < -0.4 is 9.62 Å². The Labute approximate surface area is 230 Å². The number of carbonyl (C=O) groups is 2. The monoisotopic (exact) mass is 553 g/mol. The van der Waals surface area contributed by atoms with Gasteiger partial charge >= 0.3 is 0 Å². The predicted molar refractivity (Wildman–Crippen MR) is 151 cm³/mol. The summed E-state index contributed by atoms with van der Waals surface area (Å²) in [5, 5.41) is 2.89. The van der Waals surface area contributed by atoms with E-state index in [1.165, 1.54) is 35.2 Å². The summed E-state index contributed by atoms with van der Waals surface area (Å²) >= 11 is 0. The molecule has 0 aromatic heterocycles. The van der Waals surface area contributed by atoms with E-state index in [0.29, 0.717) is 6.42 Å². The highest BCUT2D eigenvalue weighted by atomic mass is 32.2. The summed E-state index contributed by atoms with van der Waals surface area (Å²) < 4.78 is 43.2. The third kappa shape index (κ3) is 7.44. The molecule has 0 fully saturated rings. The molecule has 7 nitrogen and oxygen atoms in total. The van der Waals surface area contributed by atoms with Crippen molar-refractivity contribution in [3.8, 4) is 0 Å². The Morgan fingerprint density at radius 3 is 2.03 bits per heavy atom. The van der Waals surface area contributed by atoms with Crippen molar-refractivity contribution in [2.75, 3.05) is 10.8 Å². The number of nitrogens with zero attached hydrogens (tertiary/aromatic N) is 2. The number of benzene rings is 3. The van der Waals surface area contributed by atoms with Crippen molar-refractivity contribution >= 4 is 27.5 Å². The molecule has 39 heavy (non-hydrogen) atoms. The van der Waals surface area contributed by atoms with E-state index in [1.54, 1.807) is 19.1 Å². The lowest BCUT2D eigenvalue weighted by molar-refractivity contribution is -0.139. The van der Waals surface area contributed by atoms with Gasteiger partial charge in [0.1, 0.15) is 18.4 Å². The number of carbonyl (C=O) groups excluding carboxylic acids is 2. The lowest BCUT2D eigenvalue weighted by Crippen LogP contribution is -2.52. The number of sulfonamides is 1. The van der Waals surface area contributed by atoms with Gasteiger partial charge in [0.25, 0.3) is 10.0 Å². The first-order chi connectivity index (χ1) is 18.4. The Morgan fingerprint density at radius 2 is 1.46 bits per heavy atom. The maximum absolute atomic E-state index is 15.0. The van der Waals surface area contributed by atoms with Crippen molar-refractivity contribution in [1.82, 2.24) is 10.2 Å². The summed E-state index contributed by atoms with van der Waals surface area (Å²) in [6, 6.07) is 18.0. The van der Waals surface area contributed by atoms with Crippen LogP contribution in [-0.2, 0) is 26.2 Å². The lowest BCUT2D eigenvalue weighted by atomic mass is 10.1. The Hall–Kier alpha value is -3.72. The first kappa shape index (κ1) is 29.8. The highest BCUT2D eigenvalue weighted by Gasteiger charge is 2.33. The maximum Gasteiger partial charge on any atom is 0.264 e. The molecule has 2 atom stereocenters. The molecule has 2 unspecified atom stereocenters. The highest BCUT2D eigenvalue weighted by molar-refractivity contribution is 7.92. The molecule has 0 bridgehead atoms. The molecular formula is C30H36FN3O4S. The van der Waals surface area contributed by atoms with E-state index in [0.717, 1.165) is 27.1 Å². The first-order valence-corrected chi connectivity index (χ1v) is 14.4. The molecule has 0 aliphatic heterocycles. The second-order valence-corrected chi connectivity index (χ2v) is 11.6. The SMILES string of the molecule is CCC(C)NC(=O)C(C)N(Cc1ccc(C)cc1)C(=O)CN(c1ccccc1F)S(=O)(=O)c1ccc(C)cc1. The number of halogens is 1. The van der Waals surface area contributed by atoms with Crippen LogP contribution in [0.1, 0.15) is 43.9 Å². The summed E-state index contributed by atoms with van der Waals surface area (Å²) in [6.07, 6.45) is 0.709. The third-order valence-corrected chi connectivity index (χ3v) is 8.42. The molecule has 3 aromatic carbocycles. The van der Waals surface area contributed by atoms with Crippen molar-refractivity contribution in [3.63, 3.8) is 0 Å².